The SMILES string of the molecule is CCOC(=O)C1=CC[C@@H](c2ccccc2)N(S(=O)(=O)c2ccc(C)cc2)[C@H]1c1ccccc1. The first-order chi connectivity index (χ1) is 15.9. The summed E-state index contributed by atoms with van der Waals surface area (Å²) in [4.78, 5) is 13.2. The summed E-state index contributed by atoms with van der Waals surface area (Å²) >= 11 is 0. The van der Waals surface area contributed by atoms with Crippen LogP contribution in [0.4, 0.5) is 0 Å². The zero-order chi connectivity index (χ0) is 23.4. The van der Waals surface area contributed by atoms with E-state index in [0.717, 1.165) is 11.1 Å². The normalized spacial score (nSPS) is 19.0. The van der Waals surface area contributed by atoms with Crippen molar-refractivity contribution in [2.45, 2.75) is 37.2 Å². The van der Waals surface area contributed by atoms with E-state index in [0.29, 0.717) is 17.6 Å². The number of hydrogen-bond acceptors (Lipinski definition) is 4. The first-order valence-corrected chi connectivity index (χ1v) is 12.4. The molecule has 0 saturated heterocycles. The molecule has 0 fully saturated rings. The van der Waals surface area contributed by atoms with Crippen molar-refractivity contribution in [1.29, 1.82) is 0 Å². The van der Waals surface area contributed by atoms with Crippen LogP contribution in [0, 0.1) is 6.92 Å². The molecule has 1 heterocycles. The lowest BCUT2D eigenvalue weighted by atomic mass is 9.89. The van der Waals surface area contributed by atoms with Gasteiger partial charge in [-0.15, -0.1) is 0 Å². The fourth-order valence-corrected chi connectivity index (χ4v) is 6.02. The van der Waals surface area contributed by atoms with Gasteiger partial charge in [0.2, 0.25) is 10.0 Å². The number of benzene rings is 3. The first kappa shape index (κ1) is 23.0. The number of carbonyl (C=O) groups is 1. The van der Waals surface area contributed by atoms with Crippen LogP contribution in [0.2, 0.25) is 0 Å². The Morgan fingerprint density at radius 2 is 1.48 bits per heavy atom. The summed E-state index contributed by atoms with van der Waals surface area (Å²) in [5.41, 5.74) is 2.89. The number of rotatable bonds is 6. The largest absolute Gasteiger partial charge is 0.463 e. The fourth-order valence-electron chi connectivity index (χ4n) is 4.24. The second-order valence-electron chi connectivity index (χ2n) is 8.00. The van der Waals surface area contributed by atoms with Gasteiger partial charge in [0.25, 0.3) is 0 Å². The van der Waals surface area contributed by atoms with E-state index in [9.17, 15) is 13.2 Å². The molecule has 5 nitrogen and oxygen atoms in total. The van der Waals surface area contributed by atoms with Crippen LogP contribution in [0.5, 0.6) is 0 Å². The van der Waals surface area contributed by atoms with Crippen LogP contribution in [0.3, 0.4) is 0 Å². The van der Waals surface area contributed by atoms with E-state index in [-0.39, 0.29) is 11.5 Å². The van der Waals surface area contributed by atoms with Crippen molar-refractivity contribution < 1.29 is 17.9 Å². The van der Waals surface area contributed by atoms with Gasteiger partial charge in [-0.3, -0.25) is 0 Å². The van der Waals surface area contributed by atoms with Gasteiger partial charge in [-0.05, 0) is 43.5 Å². The minimum Gasteiger partial charge on any atom is -0.463 e. The maximum Gasteiger partial charge on any atom is 0.335 e. The highest BCUT2D eigenvalue weighted by Gasteiger charge is 2.44. The van der Waals surface area contributed by atoms with Crippen molar-refractivity contribution in [2.24, 2.45) is 0 Å². The summed E-state index contributed by atoms with van der Waals surface area (Å²) in [6, 6.07) is 24.3. The molecule has 3 aromatic rings. The van der Waals surface area contributed by atoms with Crippen LogP contribution in [0.25, 0.3) is 0 Å². The predicted molar refractivity (Wildman–Crippen MR) is 128 cm³/mol. The molecule has 33 heavy (non-hydrogen) atoms. The number of ether oxygens (including phenoxy) is 1. The van der Waals surface area contributed by atoms with Gasteiger partial charge in [-0.2, -0.15) is 4.31 Å². The smallest absolute Gasteiger partial charge is 0.335 e. The molecule has 0 aliphatic carbocycles. The van der Waals surface area contributed by atoms with E-state index < -0.39 is 28.1 Å². The van der Waals surface area contributed by atoms with Crippen molar-refractivity contribution in [3.8, 4) is 0 Å². The van der Waals surface area contributed by atoms with Crippen molar-refractivity contribution in [3.63, 3.8) is 0 Å². The van der Waals surface area contributed by atoms with Gasteiger partial charge in [-0.1, -0.05) is 84.4 Å². The van der Waals surface area contributed by atoms with Gasteiger partial charge < -0.3 is 4.74 Å². The fraction of sp³-hybridized carbons (Fsp3) is 0.222. The van der Waals surface area contributed by atoms with E-state index >= 15 is 0 Å². The third-order valence-electron chi connectivity index (χ3n) is 5.82. The number of esters is 1. The summed E-state index contributed by atoms with van der Waals surface area (Å²) in [6.07, 6.45) is 2.20. The minimum absolute atomic E-state index is 0.195. The highest BCUT2D eigenvalue weighted by atomic mass is 32.2. The molecule has 0 aromatic heterocycles. The van der Waals surface area contributed by atoms with Crippen molar-refractivity contribution in [2.75, 3.05) is 6.61 Å². The van der Waals surface area contributed by atoms with Crippen molar-refractivity contribution in [3.05, 3.63) is 113 Å². The second kappa shape index (κ2) is 9.73. The monoisotopic (exact) mass is 461 g/mol. The summed E-state index contributed by atoms with van der Waals surface area (Å²) in [5, 5.41) is 0. The molecule has 1 aliphatic rings. The molecule has 2 atom stereocenters. The molecular weight excluding hydrogens is 434 g/mol. The molecular formula is C27H27NO4S. The van der Waals surface area contributed by atoms with Gasteiger partial charge in [-0.25, -0.2) is 13.2 Å². The second-order valence-corrected chi connectivity index (χ2v) is 9.85. The topological polar surface area (TPSA) is 63.7 Å². The minimum atomic E-state index is -3.97. The highest BCUT2D eigenvalue weighted by molar-refractivity contribution is 7.89. The zero-order valence-electron chi connectivity index (χ0n) is 18.7. The van der Waals surface area contributed by atoms with Crippen LogP contribution in [0.15, 0.2) is 101 Å². The number of sulfonamides is 1. The first-order valence-electron chi connectivity index (χ1n) is 11.0. The van der Waals surface area contributed by atoms with Gasteiger partial charge >= 0.3 is 5.97 Å². The van der Waals surface area contributed by atoms with Crippen LogP contribution in [-0.4, -0.2) is 25.3 Å². The maximum atomic E-state index is 14.1. The molecule has 0 radical (unpaired) electrons. The Bertz CT molecular complexity index is 1240. The van der Waals surface area contributed by atoms with Crippen LogP contribution in [0.1, 0.15) is 42.1 Å². The number of nitrogens with zero attached hydrogens (tertiary/aromatic N) is 1. The predicted octanol–water partition coefficient (Wildman–Crippen LogP) is 5.36. The number of carbonyl (C=O) groups excluding carboxylic acids is 1. The van der Waals surface area contributed by atoms with Crippen LogP contribution in [-0.2, 0) is 19.6 Å². The lowest BCUT2D eigenvalue weighted by molar-refractivity contribution is -0.139. The van der Waals surface area contributed by atoms with Crippen LogP contribution >= 0.6 is 0 Å². The van der Waals surface area contributed by atoms with Gasteiger partial charge in [0.05, 0.1) is 29.2 Å². The summed E-state index contributed by atoms with van der Waals surface area (Å²) in [6.45, 7) is 3.87. The standard InChI is InChI=1S/C27H27NO4S/c1-3-32-27(29)24-18-19-25(21-10-6-4-7-11-21)28(26(24)22-12-8-5-9-13-22)33(30,31)23-16-14-20(2)15-17-23/h4-18,25-26H,3,19H2,1-2H3/t25-,26-/m0/s1. The molecule has 0 N–H and O–H groups in total. The molecule has 4 rings (SSSR count). The Kier molecular flexibility index (Phi) is 6.77. The van der Waals surface area contributed by atoms with Crippen molar-refractivity contribution in [1.82, 2.24) is 4.31 Å². The molecule has 0 bridgehead atoms. The van der Waals surface area contributed by atoms with E-state index in [2.05, 4.69) is 0 Å². The third-order valence-corrected chi connectivity index (χ3v) is 7.71. The Hall–Kier alpha value is -3.22. The van der Waals surface area contributed by atoms with E-state index in [4.69, 9.17) is 4.74 Å². The Labute approximate surface area is 195 Å². The van der Waals surface area contributed by atoms with Crippen molar-refractivity contribution >= 4 is 16.0 Å². The van der Waals surface area contributed by atoms with Gasteiger partial charge in [0.15, 0.2) is 0 Å². The maximum absolute atomic E-state index is 14.1. The molecule has 170 valence electrons. The number of hydrogen-bond donors (Lipinski definition) is 0. The lowest BCUT2D eigenvalue weighted by Crippen LogP contribution is -2.42. The molecule has 3 aromatic carbocycles. The van der Waals surface area contributed by atoms with E-state index in [1.165, 1.54) is 4.31 Å². The molecule has 0 amide bonds. The third kappa shape index (κ3) is 4.63. The lowest BCUT2D eigenvalue weighted by Gasteiger charge is -2.41. The Balaban J connectivity index is 1.95. The molecule has 0 unspecified atom stereocenters. The average Bonchev–Trinajstić information content (AvgIpc) is 2.84. The van der Waals surface area contributed by atoms with Crippen LogP contribution < -0.4 is 0 Å². The Morgan fingerprint density at radius 3 is 2.06 bits per heavy atom. The number of aryl methyl sites for hydroxylation is 1. The summed E-state index contributed by atoms with van der Waals surface area (Å²) in [5.74, 6) is -0.498. The molecule has 0 spiro atoms. The molecule has 6 heteroatoms. The average molecular weight is 462 g/mol. The quantitative estimate of drug-likeness (QED) is 0.464. The molecule has 0 saturated carbocycles. The van der Waals surface area contributed by atoms with Gasteiger partial charge in [0, 0.05) is 0 Å². The van der Waals surface area contributed by atoms with Gasteiger partial charge in [0.1, 0.15) is 0 Å². The molecule has 1 aliphatic heterocycles. The van der Waals surface area contributed by atoms with E-state index in [1.54, 1.807) is 31.2 Å². The zero-order valence-corrected chi connectivity index (χ0v) is 19.5. The highest BCUT2D eigenvalue weighted by Crippen LogP contribution is 2.45. The Morgan fingerprint density at radius 1 is 0.909 bits per heavy atom. The summed E-state index contributed by atoms with van der Waals surface area (Å²) in [7, 11) is -3.97. The summed E-state index contributed by atoms with van der Waals surface area (Å²) < 4.78 is 35.1. The van der Waals surface area contributed by atoms with E-state index in [1.807, 2.05) is 73.7 Å².